The number of aryl methyl sites for hydroxylation is 2. The lowest BCUT2D eigenvalue weighted by atomic mass is 10.0. The molecule has 0 heterocycles. The molecule has 0 aliphatic rings. The van der Waals surface area contributed by atoms with E-state index in [9.17, 15) is 9.90 Å². The van der Waals surface area contributed by atoms with Crippen molar-refractivity contribution in [2.24, 2.45) is 5.10 Å². The zero-order chi connectivity index (χ0) is 21.9. The van der Waals surface area contributed by atoms with Crippen molar-refractivity contribution in [2.75, 3.05) is 13.7 Å². The number of hydrazone groups is 1. The third-order valence-electron chi connectivity index (χ3n) is 4.64. The zero-order valence-electron chi connectivity index (χ0n) is 17.9. The molecule has 0 atom stereocenters. The number of phenols is 1. The summed E-state index contributed by atoms with van der Waals surface area (Å²) in [6.45, 7) is 8.03. The molecule has 2 rings (SSSR count). The van der Waals surface area contributed by atoms with E-state index >= 15 is 0 Å². The number of aromatic hydroxyl groups is 1. The number of nitrogens with zero attached hydrogens (tertiary/aromatic N) is 1. The minimum atomic E-state index is -0.146. The van der Waals surface area contributed by atoms with Crippen LogP contribution < -0.4 is 14.9 Å². The molecule has 0 fully saturated rings. The van der Waals surface area contributed by atoms with Crippen molar-refractivity contribution >= 4 is 12.1 Å². The lowest BCUT2D eigenvalue weighted by molar-refractivity contribution is -0.121. The molecular formula is C24H30N2O4. The molecule has 0 unspecified atom stereocenters. The van der Waals surface area contributed by atoms with Gasteiger partial charge in [0, 0.05) is 12.0 Å². The number of phenolic OH excluding ortho intramolecular Hbond substituents is 1. The van der Waals surface area contributed by atoms with Gasteiger partial charge < -0.3 is 14.6 Å². The first kappa shape index (κ1) is 23.0. The normalized spacial score (nSPS) is 10.8. The van der Waals surface area contributed by atoms with Crippen molar-refractivity contribution in [3.63, 3.8) is 0 Å². The van der Waals surface area contributed by atoms with Crippen LogP contribution in [0.1, 0.15) is 42.0 Å². The molecule has 6 nitrogen and oxygen atoms in total. The number of carbonyl (C=O) groups excluding carboxylic acids is 1. The molecule has 1 amide bonds. The van der Waals surface area contributed by atoms with Crippen LogP contribution in [0, 0.1) is 6.92 Å². The summed E-state index contributed by atoms with van der Waals surface area (Å²) in [4.78, 5) is 12.1. The van der Waals surface area contributed by atoms with Gasteiger partial charge >= 0.3 is 0 Å². The van der Waals surface area contributed by atoms with Gasteiger partial charge in [-0.2, -0.15) is 5.10 Å². The van der Waals surface area contributed by atoms with Crippen LogP contribution in [0.2, 0.25) is 0 Å². The summed E-state index contributed by atoms with van der Waals surface area (Å²) in [5.41, 5.74) is 6.33. The maximum Gasteiger partial charge on any atom is 0.240 e. The Labute approximate surface area is 178 Å². The Kier molecular flexibility index (Phi) is 8.94. The van der Waals surface area contributed by atoms with Crippen LogP contribution in [-0.4, -0.2) is 30.9 Å². The number of hydrogen-bond donors (Lipinski definition) is 2. The zero-order valence-corrected chi connectivity index (χ0v) is 17.9. The van der Waals surface area contributed by atoms with E-state index < -0.39 is 0 Å². The second-order valence-electron chi connectivity index (χ2n) is 6.89. The Morgan fingerprint density at radius 3 is 2.73 bits per heavy atom. The van der Waals surface area contributed by atoms with Crippen molar-refractivity contribution in [3.8, 4) is 17.2 Å². The first-order chi connectivity index (χ1) is 14.5. The monoisotopic (exact) mass is 410 g/mol. The average Bonchev–Trinajstić information content (AvgIpc) is 2.72. The maximum absolute atomic E-state index is 12.1. The fraction of sp³-hybridized carbons (Fsp3) is 0.333. The van der Waals surface area contributed by atoms with E-state index in [-0.39, 0.29) is 11.7 Å². The Bertz CT molecular complexity index is 906. The van der Waals surface area contributed by atoms with Gasteiger partial charge in [-0.25, -0.2) is 5.43 Å². The first-order valence-corrected chi connectivity index (χ1v) is 10.0. The SMILES string of the molecule is C=CCc1cc(/C=N/NC(=O)CCCc2ccc(OC)cc2C)cc(OCC)c1O. The molecule has 2 N–H and O–H groups in total. The van der Waals surface area contributed by atoms with Crippen LogP contribution in [0.3, 0.4) is 0 Å². The predicted molar refractivity (Wildman–Crippen MR) is 120 cm³/mol. The van der Waals surface area contributed by atoms with Gasteiger partial charge in [0.2, 0.25) is 5.91 Å². The lowest BCUT2D eigenvalue weighted by Gasteiger charge is -2.10. The van der Waals surface area contributed by atoms with Gasteiger partial charge in [0.25, 0.3) is 0 Å². The Balaban J connectivity index is 1.90. The van der Waals surface area contributed by atoms with Gasteiger partial charge in [-0.1, -0.05) is 12.1 Å². The molecule has 30 heavy (non-hydrogen) atoms. The largest absolute Gasteiger partial charge is 0.504 e. The molecule has 0 aliphatic carbocycles. The van der Waals surface area contributed by atoms with Crippen LogP contribution in [-0.2, 0) is 17.6 Å². The number of allylic oxidation sites excluding steroid dienone is 1. The summed E-state index contributed by atoms with van der Waals surface area (Å²) in [6.07, 6.45) is 5.67. The molecule has 0 aliphatic heterocycles. The molecule has 0 spiro atoms. The summed E-state index contributed by atoms with van der Waals surface area (Å²) >= 11 is 0. The van der Waals surface area contributed by atoms with Crippen molar-refractivity contribution in [2.45, 2.75) is 39.5 Å². The second-order valence-corrected chi connectivity index (χ2v) is 6.89. The van der Waals surface area contributed by atoms with E-state index in [2.05, 4.69) is 17.1 Å². The molecule has 0 aromatic heterocycles. The van der Waals surface area contributed by atoms with Gasteiger partial charge in [0.15, 0.2) is 11.5 Å². The van der Waals surface area contributed by atoms with Gasteiger partial charge in [0.05, 0.1) is 19.9 Å². The third-order valence-corrected chi connectivity index (χ3v) is 4.64. The maximum atomic E-state index is 12.1. The standard InChI is InChI=1S/C24H30N2O4/c1-5-8-20-14-18(15-22(24(20)28)30-6-2)16-25-26-23(27)10-7-9-19-11-12-21(29-4)13-17(19)3/h5,11-16,28H,1,6-10H2,2-4H3,(H,26,27)/b25-16+. The summed E-state index contributed by atoms with van der Waals surface area (Å²) in [5.74, 6) is 1.18. The number of rotatable bonds is 11. The lowest BCUT2D eigenvalue weighted by Crippen LogP contribution is -2.17. The van der Waals surface area contributed by atoms with Gasteiger partial charge in [-0.3, -0.25) is 4.79 Å². The molecule has 0 saturated heterocycles. The van der Waals surface area contributed by atoms with Gasteiger partial charge in [-0.15, -0.1) is 6.58 Å². The summed E-state index contributed by atoms with van der Waals surface area (Å²) in [5, 5.41) is 14.3. The highest BCUT2D eigenvalue weighted by Crippen LogP contribution is 2.32. The molecular weight excluding hydrogens is 380 g/mol. The second kappa shape index (κ2) is 11.7. The van der Waals surface area contributed by atoms with E-state index in [4.69, 9.17) is 9.47 Å². The summed E-state index contributed by atoms with van der Waals surface area (Å²) in [7, 11) is 1.65. The molecule has 0 saturated carbocycles. The summed E-state index contributed by atoms with van der Waals surface area (Å²) in [6, 6.07) is 9.44. The quantitative estimate of drug-likeness (QED) is 0.329. The Morgan fingerprint density at radius 1 is 1.27 bits per heavy atom. The van der Waals surface area contributed by atoms with Crippen LogP contribution in [0.4, 0.5) is 0 Å². The highest BCUT2D eigenvalue weighted by atomic mass is 16.5. The van der Waals surface area contributed by atoms with Crippen LogP contribution in [0.5, 0.6) is 17.2 Å². The predicted octanol–water partition coefficient (Wildman–Crippen LogP) is 4.31. The van der Waals surface area contributed by atoms with E-state index in [1.165, 1.54) is 5.56 Å². The molecule has 0 radical (unpaired) electrons. The highest BCUT2D eigenvalue weighted by Gasteiger charge is 2.10. The Morgan fingerprint density at radius 2 is 2.07 bits per heavy atom. The number of nitrogens with one attached hydrogen (secondary N) is 1. The minimum absolute atomic E-state index is 0.103. The molecule has 2 aromatic rings. The van der Waals surface area contributed by atoms with Crippen molar-refractivity contribution in [1.82, 2.24) is 5.43 Å². The fourth-order valence-corrected chi connectivity index (χ4v) is 3.09. The molecule has 6 heteroatoms. The summed E-state index contributed by atoms with van der Waals surface area (Å²) < 4.78 is 10.7. The fourth-order valence-electron chi connectivity index (χ4n) is 3.09. The first-order valence-electron chi connectivity index (χ1n) is 10.0. The van der Waals surface area contributed by atoms with Crippen molar-refractivity contribution in [3.05, 3.63) is 65.2 Å². The molecule has 0 bridgehead atoms. The Hall–Kier alpha value is -3.28. The molecule has 160 valence electrons. The van der Waals surface area contributed by atoms with Crippen LogP contribution in [0.15, 0.2) is 48.1 Å². The smallest absolute Gasteiger partial charge is 0.240 e. The highest BCUT2D eigenvalue weighted by molar-refractivity contribution is 5.83. The minimum Gasteiger partial charge on any atom is -0.504 e. The third kappa shape index (κ3) is 6.65. The number of hydrogen-bond acceptors (Lipinski definition) is 5. The van der Waals surface area contributed by atoms with Crippen molar-refractivity contribution < 1.29 is 19.4 Å². The van der Waals surface area contributed by atoms with Gasteiger partial charge in [-0.05, 0) is 74.1 Å². The number of benzene rings is 2. The number of amides is 1. The van der Waals surface area contributed by atoms with Crippen molar-refractivity contribution in [1.29, 1.82) is 0 Å². The van der Waals surface area contributed by atoms with E-state index in [0.29, 0.717) is 30.8 Å². The van der Waals surface area contributed by atoms with E-state index in [0.717, 1.165) is 29.7 Å². The molecule has 2 aromatic carbocycles. The van der Waals surface area contributed by atoms with Crippen LogP contribution in [0.25, 0.3) is 0 Å². The average molecular weight is 411 g/mol. The van der Waals surface area contributed by atoms with Crippen LogP contribution >= 0.6 is 0 Å². The van der Waals surface area contributed by atoms with E-state index in [1.807, 2.05) is 32.0 Å². The van der Waals surface area contributed by atoms with E-state index in [1.54, 1.807) is 31.5 Å². The topological polar surface area (TPSA) is 80.2 Å². The number of carbonyl (C=O) groups is 1. The van der Waals surface area contributed by atoms with Gasteiger partial charge in [0.1, 0.15) is 5.75 Å². The number of ether oxygens (including phenoxy) is 2. The number of methoxy groups -OCH3 is 1.